The van der Waals surface area contributed by atoms with E-state index in [1.165, 1.54) is 0 Å². The average Bonchev–Trinajstić information content (AvgIpc) is 3.22. The van der Waals surface area contributed by atoms with Crippen LogP contribution in [0.1, 0.15) is 27.5 Å². The summed E-state index contributed by atoms with van der Waals surface area (Å²) in [6.45, 7) is 3.42. The molecule has 26 heavy (non-hydrogen) atoms. The Morgan fingerprint density at radius 1 is 1.27 bits per heavy atom. The van der Waals surface area contributed by atoms with Gasteiger partial charge in [0.2, 0.25) is 0 Å². The predicted octanol–water partition coefficient (Wildman–Crippen LogP) is 0.912. The van der Waals surface area contributed by atoms with E-state index in [0.29, 0.717) is 16.7 Å². The molecule has 0 saturated carbocycles. The Balaban J connectivity index is 2.00. The summed E-state index contributed by atoms with van der Waals surface area (Å²) in [6, 6.07) is 8.82. The number of carbonyl (C=O) groups excluding carboxylic acids is 1. The zero-order chi connectivity index (χ0) is 18.4. The maximum atomic E-state index is 12.1. The summed E-state index contributed by atoms with van der Waals surface area (Å²) in [5, 5.41) is 9.89. The van der Waals surface area contributed by atoms with Crippen molar-refractivity contribution in [2.75, 3.05) is 18.8 Å². The first kappa shape index (κ1) is 16.4. The fourth-order valence-electron chi connectivity index (χ4n) is 3.43. The van der Waals surface area contributed by atoms with Crippen LogP contribution in [-0.2, 0) is 0 Å². The number of fused-ring (bicyclic) bond motifs is 1. The van der Waals surface area contributed by atoms with Gasteiger partial charge in [-0.05, 0) is 30.7 Å². The lowest BCUT2D eigenvalue weighted by Crippen LogP contribution is -2.21. The smallest absolute Gasteiger partial charge is 0.254 e. The Kier molecular flexibility index (Phi) is 3.78. The Morgan fingerprint density at radius 2 is 2.00 bits per heavy atom. The highest BCUT2D eigenvalue weighted by atomic mass is 16.3. The molecule has 4 rings (SSSR count). The third-order valence-corrected chi connectivity index (χ3v) is 4.79. The Hall–Kier alpha value is -3.10. The van der Waals surface area contributed by atoms with Crippen LogP contribution in [0, 0.1) is 6.92 Å². The van der Waals surface area contributed by atoms with Gasteiger partial charge >= 0.3 is 0 Å². The molecule has 8 heteroatoms. The Bertz CT molecular complexity index is 1020. The van der Waals surface area contributed by atoms with Gasteiger partial charge in [0, 0.05) is 30.8 Å². The fourth-order valence-corrected chi connectivity index (χ4v) is 3.43. The second-order valence-electron chi connectivity index (χ2n) is 6.49. The van der Waals surface area contributed by atoms with Crippen LogP contribution in [0.25, 0.3) is 16.7 Å². The van der Waals surface area contributed by atoms with Crippen LogP contribution in [0.5, 0.6) is 5.75 Å². The number of nitrogens with two attached hydrogens (primary N) is 2. The molecule has 1 aliphatic rings. The van der Waals surface area contributed by atoms with Crippen LogP contribution >= 0.6 is 0 Å². The van der Waals surface area contributed by atoms with E-state index in [0.717, 1.165) is 24.3 Å². The Morgan fingerprint density at radius 3 is 2.69 bits per heavy atom. The maximum Gasteiger partial charge on any atom is 0.254 e. The minimum Gasteiger partial charge on any atom is -0.508 e. The molecule has 0 spiro atoms. The lowest BCUT2D eigenvalue weighted by Gasteiger charge is -2.12. The largest absolute Gasteiger partial charge is 0.508 e. The standard InChI is InChI=1S/C18H20N6O2/c1-9-2-3-11(25)6-14(9)24-13-5-4-12(10-7-21-22-8-10)23-16(13)15(17(24)19)18(20)26/h2-6,10,21-22,25H,7-8,19H2,1H3,(H2,20,26). The summed E-state index contributed by atoms with van der Waals surface area (Å²) in [5.41, 5.74) is 21.8. The molecule has 1 aromatic carbocycles. The number of primary amides is 1. The molecule has 1 fully saturated rings. The normalized spacial score (nSPS) is 15.0. The zero-order valence-corrected chi connectivity index (χ0v) is 14.3. The van der Waals surface area contributed by atoms with E-state index in [2.05, 4.69) is 10.9 Å². The van der Waals surface area contributed by atoms with E-state index in [4.69, 9.17) is 16.5 Å². The summed E-state index contributed by atoms with van der Waals surface area (Å²) < 4.78 is 1.71. The van der Waals surface area contributed by atoms with Gasteiger partial charge in [-0.25, -0.2) is 4.98 Å². The monoisotopic (exact) mass is 352 g/mol. The van der Waals surface area contributed by atoms with Crippen LogP contribution in [0.2, 0.25) is 0 Å². The molecule has 0 aliphatic carbocycles. The number of hydrazine groups is 1. The van der Waals surface area contributed by atoms with Gasteiger partial charge in [0.15, 0.2) is 0 Å². The number of hydrogen-bond donors (Lipinski definition) is 5. The van der Waals surface area contributed by atoms with Gasteiger partial charge in [-0.3, -0.25) is 20.2 Å². The third kappa shape index (κ3) is 2.47. The molecule has 0 bridgehead atoms. The molecule has 0 atom stereocenters. The quantitative estimate of drug-likeness (QED) is 0.476. The van der Waals surface area contributed by atoms with Gasteiger partial charge in [-0.2, -0.15) is 0 Å². The number of phenolic OH excluding ortho intramolecular Hbond substituents is 1. The molecule has 1 saturated heterocycles. The van der Waals surface area contributed by atoms with Crippen molar-refractivity contribution >= 4 is 22.8 Å². The fraction of sp³-hybridized carbons (Fsp3) is 0.222. The van der Waals surface area contributed by atoms with Crippen LogP contribution in [0.4, 0.5) is 5.82 Å². The number of pyridine rings is 1. The summed E-state index contributed by atoms with van der Waals surface area (Å²) >= 11 is 0. The molecule has 3 heterocycles. The van der Waals surface area contributed by atoms with Gasteiger partial charge in [-0.1, -0.05) is 6.07 Å². The SMILES string of the molecule is Cc1ccc(O)cc1-n1c(N)c(C(N)=O)c2nc(C3CNNC3)ccc21. The molecule has 0 unspecified atom stereocenters. The minimum atomic E-state index is -0.628. The first-order chi connectivity index (χ1) is 12.5. The first-order valence-electron chi connectivity index (χ1n) is 8.33. The van der Waals surface area contributed by atoms with Crippen LogP contribution < -0.4 is 22.3 Å². The highest BCUT2D eigenvalue weighted by Crippen LogP contribution is 2.33. The summed E-state index contributed by atoms with van der Waals surface area (Å²) in [6.07, 6.45) is 0. The van der Waals surface area contributed by atoms with Crippen molar-refractivity contribution in [1.29, 1.82) is 0 Å². The van der Waals surface area contributed by atoms with Gasteiger partial charge < -0.3 is 16.6 Å². The number of amides is 1. The van der Waals surface area contributed by atoms with Crippen molar-refractivity contribution in [2.24, 2.45) is 5.73 Å². The molecular formula is C18H20N6O2. The van der Waals surface area contributed by atoms with Crippen LogP contribution in [-0.4, -0.2) is 33.7 Å². The Labute approximate surface area is 149 Å². The number of aromatic nitrogens is 2. The van der Waals surface area contributed by atoms with E-state index in [1.807, 2.05) is 19.1 Å². The lowest BCUT2D eigenvalue weighted by atomic mass is 10.1. The average molecular weight is 352 g/mol. The number of aryl methyl sites for hydroxylation is 1. The second kappa shape index (κ2) is 6.01. The highest BCUT2D eigenvalue weighted by Gasteiger charge is 2.25. The molecule has 8 nitrogen and oxygen atoms in total. The molecule has 3 aromatic rings. The van der Waals surface area contributed by atoms with Gasteiger partial charge in [-0.15, -0.1) is 0 Å². The van der Waals surface area contributed by atoms with E-state index >= 15 is 0 Å². The van der Waals surface area contributed by atoms with Crippen molar-refractivity contribution in [2.45, 2.75) is 12.8 Å². The summed E-state index contributed by atoms with van der Waals surface area (Å²) in [7, 11) is 0. The number of nitrogen functional groups attached to an aromatic ring is 1. The van der Waals surface area contributed by atoms with E-state index < -0.39 is 5.91 Å². The molecule has 134 valence electrons. The number of benzene rings is 1. The second-order valence-corrected chi connectivity index (χ2v) is 6.49. The van der Waals surface area contributed by atoms with Gasteiger partial charge in [0.05, 0.1) is 11.2 Å². The number of nitrogens with zero attached hydrogens (tertiary/aromatic N) is 2. The van der Waals surface area contributed by atoms with Crippen molar-refractivity contribution in [1.82, 2.24) is 20.4 Å². The number of nitrogens with one attached hydrogen (secondary N) is 2. The van der Waals surface area contributed by atoms with Crippen molar-refractivity contribution < 1.29 is 9.90 Å². The first-order valence-corrected chi connectivity index (χ1v) is 8.33. The number of phenols is 1. The molecule has 2 aromatic heterocycles. The molecule has 1 aliphatic heterocycles. The minimum absolute atomic E-state index is 0.111. The summed E-state index contributed by atoms with van der Waals surface area (Å²) in [4.78, 5) is 16.8. The van der Waals surface area contributed by atoms with Crippen LogP contribution in [0.15, 0.2) is 30.3 Å². The van der Waals surface area contributed by atoms with Gasteiger partial charge in [0.1, 0.15) is 22.6 Å². The third-order valence-electron chi connectivity index (χ3n) is 4.79. The van der Waals surface area contributed by atoms with E-state index in [1.54, 1.807) is 22.8 Å². The molecule has 1 amide bonds. The van der Waals surface area contributed by atoms with Crippen molar-refractivity contribution in [3.8, 4) is 11.4 Å². The number of anilines is 1. The molecule has 0 radical (unpaired) electrons. The van der Waals surface area contributed by atoms with E-state index in [9.17, 15) is 9.90 Å². The highest BCUT2D eigenvalue weighted by molar-refractivity contribution is 6.10. The zero-order valence-electron chi connectivity index (χ0n) is 14.3. The lowest BCUT2D eigenvalue weighted by molar-refractivity contribution is 0.100. The van der Waals surface area contributed by atoms with Crippen molar-refractivity contribution in [3.05, 3.63) is 47.2 Å². The number of aromatic hydroxyl groups is 1. The summed E-state index contributed by atoms with van der Waals surface area (Å²) in [5.74, 6) is -0.0998. The number of hydrogen-bond acceptors (Lipinski definition) is 6. The number of rotatable bonds is 3. The maximum absolute atomic E-state index is 12.1. The van der Waals surface area contributed by atoms with Crippen molar-refractivity contribution in [3.63, 3.8) is 0 Å². The molecule has 7 N–H and O–H groups in total. The molecular weight excluding hydrogens is 332 g/mol. The van der Waals surface area contributed by atoms with Crippen LogP contribution in [0.3, 0.4) is 0 Å². The van der Waals surface area contributed by atoms with E-state index in [-0.39, 0.29) is 23.0 Å². The topological polar surface area (TPSA) is 131 Å². The number of carbonyl (C=O) groups is 1. The predicted molar refractivity (Wildman–Crippen MR) is 99.1 cm³/mol. The van der Waals surface area contributed by atoms with Gasteiger partial charge in [0.25, 0.3) is 5.91 Å².